The Morgan fingerprint density at radius 2 is 1.85 bits per heavy atom. The van der Waals surface area contributed by atoms with Crippen molar-refractivity contribution in [2.75, 3.05) is 34.2 Å². The molecule has 0 N–H and O–H groups in total. The van der Waals surface area contributed by atoms with Crippen LogP contribution in [0.15, 0.2) is 11.6 Å². The van der Waals surface area contributed by atoms with Crippen molar-refractivity contribution in [1.29, 1.82) is 0 Å². The average molecular weight is 465 g/mol. The van der Waals surface area contributed by atoms with Crippen LogP contribution >= 0.6 is 0 Å². The molecule has 0 saturated heterocycles. The fourth-order valence-corrected chi connectivity index (χ4v) is 3.54. The highest BCUT2D eigenvalue weighted by atomic mass is 16.7. The van der Waals surface area contributed by atoms with Gasteiger partial charge in [-0.1, -0.05) is 11.6 Å². The van der Waals surface area contributed by atoms with Gasteiger partial charge in [0.15, 0.2) is 6.79 Å². The second-order valence-corrected chi connectivity index (χ2v) is 8.90. The molecule has 0 unspecified atom stereocenters. The maximum Gasteiger partial charge on any atom is 0.342 e. The summed E-state index contributed by atoms with van der Waals surface area (Å²) in [5.41, 5.74) is 3.28. The Balaban J connectivity index is 2.25. The van der Waals surface area contributed by atoms with Crippen molar-refractivity contribution < 1.29 is 38.0 Å². The molecule has 1 heterocycles. The molecule has 33 heavy (non-hydrogen) atoms. The smallest absolute Gasteiger partial charge is 0.342 e. The Hall–Kier alpha value is -2.58. The summed E-state index contributed by atoms with van der Waals surface area (Å²) in [7, 11) is 3.18. The predicted octanol–water partition coefficient (Wildman–Crippen LogP) is 4.28. The molecule has 1 aliphatic rings. The molecule has 1 aromatic rings. The van der Waals surface area contributed by atoms with E-state index in [4.69, 9.17) is 28.4 Å². The molecule has 1 aliphatic heterocycles. The number of ether oxygens (including phenoxy) is 6. The van der Waals surface area contributed by atoms with E-state index in [1.54, 1.807) is 14.2 Å². The molecule has 0 atom stereocenters. The van der Waals surface area contributed by atoms with Crippen molar-refractivity contribution in [3.05, 3.63) is 33.9 Å². The molecule has 184 valence electrons. The van der Waals surface area contributed by atoms with Crippen LogP contribution in [0.5, 0.6) is 11.5 Å². The zero-order valence-electron chi connectivity index (χ0n) is 20.8. The first kappa shape index (κ1) is 26.7. The van der Waals surface area contributed by atoms with E-state index in [9.17, 15) is 9.59 Å². The van der Waals surface area contributed by atoms with Crippen LogP contribution in [0.1, 0.15) is 67.6 Å². The second-order valence-electron chi connectivity index (χ2n) is 8.90. The molecule has 8 nitrogen and oxygen atoms in total. The zero-order chi connectivity index (χ0) is 24.6. The van der Waals surface area contributed by atoms with Gasteiger partial charge in [-0.15, -0.1) is 0 Å². The van der Waals surface area contributed by atoms with Crippen molar-refractivity contribution >= 4 is 11.9 Å². The standard InChI is InChI=1S/C25H36O8/c1-16(9-11-20(26)33-25(3,4)5)8-10-18-22(29-7)17(2)19-14-31-24(27)21(19)23(18)32-15-30-13-12-28-6/h8H,9-15H2,1-7H3/b16-8+. The minimum absolute atomic E-state index is 0.0381. The molecule has 0 aromatic heterocycles. The quantitative estimate of drug-likeness (QED) is 0.196. The van der Waals surface area contributed by atoms with Gasteiger partial charge in [0.05, 0.1) is 20.3 Å². The third kappa shape index (κ3) is 7.47. The number of esters is 2. The van der Waals surface area contributed by atoms with Crippen LogP contribution in [0, 0.1) is 6.92 Å². The predicted molar refractivity (Wildman–Crippen MR) is 123 cm³/mol. The van der Waals surface area contributed by atoms with E-state index in [2.05, 4.69) is 0 Å². The lowest BCUT2D eigenvalue weighted by molar-refractivity contribution is -0.154. The number of benzene rings is 1. The molecule has 0 radical (unpaired) electrons. The molecule has 0 bridgehead atoms. The topological polar surface area (TPSA) is 89.5 Å². The van der Waals surface area contributed by atoms with E-state index >= 15 is 0 Å². The molecule has 1 aromatic carbocycles. The van der Waals surface area contributed by atoms with Gasteiger partial charge in [-0.3, -0.25) is 4.79 Å². The van der Waals surface area contributed by atoms with E-state index in [0.717, 1.165) is 22.3 Å². The lowest BCUT2D eigenvalue weighted by atomic mass is 9.94. The minimum Gasteiger partial charge on any atom is -0.496 e. The highest BCUT2D eigenvalue weighted by Crippen LogP contribution is 2.42. The fourth-order valence-electron chi connectivity index (χ4n) is 3.54. The zero-order valence-corrected chi connectivity index (χ0v) is 20.8. The van der Waals surface area contributed by atoms with E-state index in [1.165, 1.54) is 0 Å². The molecule has 0 aliphatic carbocycles. The largest absolute Gasteiger partial charge is 0.496 e. The van der Waals surface area contributed by atoms with Gasteiger partial charge in [-0.2, -0.15) is 0 Å². The van der Waals surface area contributed by atoms with Crippen LogP contribution in [0.25, 0.3) is 0 Å². The third-order valence-corrected chi connectivity index (χ3v) is 5.14. The molecule has 0 fully saturated rings. The van der Waals surface area contributed by atoms with Crippen LogP contribution in [-0.4, -0.2) is 51.8 Å². The lowest BCUT2D eigenvalue weighted by Gasteiger charge is -2.20. The highest BCUT2D eigenvalue weighted by molar-refractivity contribution is 5.98. The average Bonchev–Trinajstić information content (AvgIpc) is 3.12. The van der Waals surface area contributed by atoms with E-state index in [-0.39, 0.29) is 19.4 Å². The number of fused-ring (bicyclic) bond motifs is 1. The highest BCUT2D eigenvalue weighted by Gasteiger charge is 2.33. The summed E-state index contributed by atoms with van der Waals surface area (Å²) < 4.78 is 32.7. The maximum absolute atomic E-state index is 12.5. The number of carbonyl (C=O) groups is 2. The number of rotatable bonds is 12. The van der Waals surface area contributed by atoms with E-state index < -0.39 is 11.6 Å². The normalized spacial score (nSPS) is 13.5. The summed E-state index contributed by atoms with van der Waals surface area (Å²) in [6.07, 6.45) is 3.33. The second kappa shape index (κ2) is 12.0. The summed E-state index contributed by atoms with van der Waals surface area (Å²) >= 11 is 0. The van der Waals surface area contributed by atoms with Crippen LogP contribution in [0.3, 0.4) is 0 Å². The van der Waals surface area contributed by atoms with E-state index in [1.807, 2.05) is 40.7 Å². The van der Waals surface area contributed by atoms with Gasteiger partial charge in [0.1, 0.15) is 29.3 Å². The Bertz CT molecular complexity index is 880. The number of hydrogen-bond donors (Lipinski definition) is 0. The summed E-state index contributed by atoms with van der Waals surface area (Å²) in [5, 5.41) is 0. The molecule has 0 amide bonds. The summed E-state index contributed by atoms with van der Waals surface area (Å²) in [5.74, 6) is 0.398. The summed E-state index contributed by atoms with van der Waals surface area (Å²) in [6.45, 7) is 10.4. The maximum atomic E-state index is 12.5. The van der Waals surface area contributed by atoms with Gasteiger partial charge in [-0.05, 0) is 53.0 Å². The van der Waals surface area contributed by atoms with Gasteiger partial charge < -0.3 is 28.4 Å². The molecular weight excluding hydrogens is 428 g/mol. The Labute approximate surface area is 196 Å². The number of allylic oxidation sites excluding steroid dienone is 2. The van der Waals surface area contributed by atoms with Crippen molar-refractivity contribution in [1.82, 2.24) is 0 Å². The number of hydrogen-bond acceptors (Lipinski definition) is 8. The monoisotopic (exact) mass is 464 g/mol. The fraction of sp³-hybridized carbons (Fsp3) is 0.600. The van der Waals surface area contributed by atoms with Crippen molar-refractivity contribution in [3.63, 3.8) is 0 Å². The van der Waals surface area contributed by atoms with Gasteiger partial charge >= 0.3 is 11.9 Å². The van der Waals surface area contributed by atoms with Gasteiger partial charge in [0.2, 0.25) is 0 Å². The number of carbonyl (C=O) groups excluding carboxylic acids is 2. The first-order valence-corrected chi connectivity index (χ1v) is 11.0. The molecule has 8 heteroatoms. The van der Waals surface area contributed by atoms with E-state index in [0.29, 0.717) is 49.5 Å². The third-order valence-electron chi connectivity index (χ3n) is 5.14. The first-order chi connectivity index (χ1) is 15.6. The SMILES string of the molecule is COCCOCOc1c(C/C=C(\C)CCC(=O)OC(C)(C)C)c(OC)c(C)c2c1C(=O)OC2. The summed E-state index contributed by atoms with van der Waals surface area (Å²) in [6, 6.07) is 0. The minimum atomic E-state index is -0.504. The lowest BCUT2D eigenvalue weighted by Crippen LogP contribution is -2.23. The van der Waals surface area contributed by atoms with Gasteiger partial charge in [0, 0.05) is 24.7 Å². The van der Waals surface area contributed by atoms with Crippen molar-refractivity contribution in [3.8, 4) is 11.5 Å². The van der Waals surface area contributed by atoms with Crippen LogP contribution in [-0.2, 0) is 36.8 Å². The molecular formula is C25H36O8. The van der Waals surface area contributed by atoms with Crippen LogP contribution in [0.4, 0.5) is 0 Å². The van der Waals surface area contributed by atoms with Gasteiger partial charge in [-0.25, -0.2) is 4.79 Å². The van der Waals surface area contributed by atoms with Crippen molar-refractivity contribution in [2.45, 2.75) is 66.1 Å². The Kier molecular flexibility index (Phi) is 9.73. The molecule has 0 saturated carbocycles. The molecule has 2 rings (SSSR count). The van der Waals surface area contributed by atoms with Crippen molar-refractivity contribution in [2.24, 2.45) is 0 Å². The van der Waals surface area contributed by atoms with Crippen LogP contribution in [0.2, 0.25) is 0 Å². The number of cyclic esters (lactones) is 1. The molecule has 0 spiro atoms. The van der Waals surface area contributed by atoms with Crippen LogP contribution < -0.4 is 9.47 Å². The first-order valence-electron chi connectivity index (χ1n) is 11.0. The van der Waals surface area contributed by atoms with Gasteiger partial charge in [0.25, 0.3) is 0 Å². The Morgan fingerprint density at radius 3 is 2.48 bits per heavy atom. The number of methoxy groups -OCH3 is 2. The summed E-state index contributed by atoms with van der Waals surface area (Å²) in [4.78, 5) is 24.5. The Morgan fingerprint density at radius 1 is 1.12 bits per heavy atom.